The van der Waals surface area contributed by atoms with E-state index >= 15 is 0 Å². The van der Waals surface area contributed by atoms with Crippen LogP contribution >= 0.6 is 0 Å². The molecule has 118 valence electrons. The summed E-state index contributed by atoms with van der Waals surface area (Å²) in [5.41, 5.74) is 1.11. The van der Waals surface area contributed by atoms with Gasteiger partial charge in [0.2, 0.25) is 0 Å². The van der Waals surface area contributed by atoms with Gasteiger partial charge >= 0.3 is 0 Å². The van der Waals surface area contributed by atoms with Crippen molar-refractivity contribution in [3.05, 3.63) is 36.4 Å². The Morgan fingerprint density at radius 3 is 2.43 bits per heavy atom. The highest BCUT2D eigenvalue weighted by atomic mass is 16.5. The first-order valence-corrected chi connectivity index (χ1v) is 8.15. The summed E-state index contributed by atoms with van der Waals surface area (Å²) < 4.78 is 5.79. The van der Waals surface area contributed by atoms with Crippen LogP contribution < -0.4 is 4.74 Å². The number of unbranched alkanes of at least 4 members (excludes halogenated alkanes) is 2. The van der Waals surface area contributed by atoms with E-state index in [1.54, 1.807) is 0 Å². The zero-order valence-electron chi connectivity index (χ0n) is 14.1. The van der Waals surface area contributed by atoms with Gasteiger partial charge in [-0.2, -0.15) is 0 Å². The lowest BCUT2D eigenvalue weighted by molar-refractivity contribution is 0.170. The summed E-state index contributed by atoms with van der Waals surface area (Å²) in [6.45, 7) is 14.8. The Morgan fingerprint density at radius 2 is 1.81 bits per heavy atom. The molecule has 0 aromatic heterocycles. The molecule has 21 heavy (non-hydrogen) atoms. The van der Waals surface area contributed by atoms with Crippen LogP contribution in [0.15, 0.2) is 30.8 Å². The molecule has 2 heteroatoms. The van der Waals surface area contributed by atoms with Crippen LogP contribution in [0.5, 0.6) is 5.75 Å². The molecule has 0 spiro atoms. The van der Waals surface area contributed by atoms with Crippen molar-refractivity contribution in [2.24, 2.45) is 0 Å². The van der Waals surface area contributed by atoms with Gasteiger partial charge in [0.1, 0.15) is 5.75 Å². The summed E-state index contributed by atoms with van der Waals surface area (Å²) in [5.74, 6) is 0.943. The zero-order valence-corrected chi connectivity index (χ0v) is 14.1. The molecule has 1 rings (SSSR count). The van der Waals surface area contributed by atoms with E-state index in [1.807, 2.05) is 30.3 Å². The minimum absolute atomic E-state index is 0.628. The third kappa shape index (κ3) is 6.81. The number of ether oxygens (including phenoxy) is 1. The molecule has 0 unspecified atom stereocenters. The molecule has 0 aliphatic heterocycles. The predicted octanol–water partition coefficient (Wildman–Crippen LogP) is 5.00. The predicted molar refractivity (Wildman–Crippen MR) is 92.9 cm³/mol. The van der Waals surface area contributed by atoms with Gasteiger partial charge in [-0.15, -0.1) is 0 Å². The largest absolute Gasteiger partial charge is 0.494 e. The van der Waals surface area contributed by atoms with Crippen LogP contribution in [0.4, 0.5) is 0 Å². The average molecular weight is 289 g/mol. The molecule has 0 radical (unpaired) electrons. The van der Waals surface area contributed by atoms with Crippen LogP contribution in [0.25, 0.3) is 6.08 Å². The molecule has 0 N–H and O–H groups in total. The lowest BCUT2D eigenvalue weighted by Crippen LogP contribution is -2.37. The molecule has 0 aliphatic carbocycles. The van der Waals surface area contributed by atoms with E-state index < -0.39 is 0 Å². The Kier molecular flexibility index (Phi) is 8.14. The van der Waals surface area contributed by atoms with E-state index in [9.17, 15) is 0 Å². The molecule has 0 heterocycles. The fourth-order valence-corrected chi connectivity index (χ4v) is 2.61. The fraction of sp³-hybridized carbons (Fsp3) is 0.579. The third-order valence-corrected chi connectivity index (χ3v) is 3.75. The van der Waals surface area contributed by atoms with E-state index in [1.165, 1.54) is 19.4 Å². The fourth-order valence-electron chi connectivity index (χ4n) is 2.61. The van der Waals surface area contributed by atoms with Gasteiger partial charge in [-0.25, -0.2) is 0 Å². The summed E-state index contributed by atoms with van der Waals surface area (Å²) in [4.78, 5) is 2.55. The van der Waals surface area contributed by atoms with Crippen LogP contribution in [-0.2, 0) is 0 Å². The summed E-state index contributed by atoms with van der Waals surface area (Å²) in [5, 5.41) is 0. The summed E-state index contributed by atoms with van der Waals surface area (Å²) in [6.07, 6.45) is 5.42. The van der Waals surface area contributed by atoms with E-state index in [0.717, 1.165) is 24.3 Å². The minimum Gasteiger partial charge on any atom is -0.494 e. The number of nitrogens with zero attached hydrogens (tertiary/aromatic N) is 1. The Hall–Kier alpha value is -1.28. The zero-order chi connectivity index (χ0) is 15.7. The summed E-state index contributed by atoms with van der Waals surface area (Å²) in [6, 6.07) is 9.34. The van der Waals surface area contributed by atoms with E-state index in [4.69, 9.17) is 4.74 Å². The Balaban J connectivity index is 2.18. The molecule has 0 saturated heterocycles. The van der Waals surface area contributed by atoms with E-state index in [2.05, 4.69) is 39.2 Å². The lowest BCUT2D eigenvalue weighted by atomic mass is 10.2. The quantitative estimate of drug-likeness (QED) is 0.562. The van der Waals surface area contributed by atoms with Gasteiger partial charge in [-0.3, -0.25) is 4.90 Å². The standard InChI is InChI=1S/C19H31NO/c1-6-18-11-10-12-19(15-18)21-14-9-7-8-13-20(16(2)3)17(4)5/h6,10-12,15-17H,1,7-9,13-14H2,2-5H3. The SMILES string of the molecule is C=Cc1cccc(OCCCCCN(C(C)C)C(C)C)c1. The smallest absolute Gasteiger partial charge is 0.119 e. The van der Waals surface area contributed by atoms with Crippen LogP contribution in [0.2, 0.25) is 0 Å². The van der Waals surface area contributed by atoms with E-state index in [0.29, 0.717) is 12.1 Å². The number of hydrogen-bond acceptors (Lipinski definition) is 2. The van der Waals surface area contributed by atoms with Gasteiger partial charge in [0.05, 0.1) is 6.61 Å². The second-order valence-corrected chi connectivity index (χ2v) is 6.11. The average Bonchev–Trinajstić information content (AvgIpc) is 2.45. The molecule has 0 fully saturated rings. The summed E-state index contributed by atoms with van der Waals surface area (Å²) in [7, 11) is 0. The molecule has 2 nitrogen and oxygen atoms in total. The van der Waals surface area contributed by atoms with Crippen LogP contribution in [-0.4, -0.2) is 30.1 Å². The topological polar surface area (TPSA) is 12.5 Å². The first-order chi connectivity index (χ1) is 10.0. The monoisotopic (exact) mass is 289 g/mol. The van der Waals surface area contributed by atoms with Crippen molar-refractivity contribution in [3.63, 3.8) is 0 Å². The maximum Gasteiger partial charge on any atom is 0.119 e. The van der Waals surface area contributed by atoms with Crippen LogP contribution in [0.1, 0.15) is 52.5 Å². The Morgan fingerprint density at radius 1 is 1.10 bits per heavy atom. The summed E-state index contributed by atoms with van der Waals surface area (Å²) >= 11 is 0. The first-order valence-electron chi connectivity index (χ1n) is 8.15. The highest BCUT2D eigenvalue weighted by Gasteiger charge is 2.11. The molecule has 0 amide bonds. The molecular weight excluding hydrogens is 258 g/mol. The van der Waals surface area contributed by atoms with Crippen LogP contribution in [0, 0.1) is 0 Å². The number of rotatable bonds is 10. The second-order valence-electron chi connectivity index (χ2n) is 6.11. The maximum absolute atomic E-state index is 5.79. The Labute approximate surface area is 130 Å². The normalized spacial score (nSPS) is 11.4. The molecule has 0 aliphatic rings. The van der Waals surface area contributed by atoms with Crippen molar-refractivity contribution in [2.75, 3.05) is 13.2 Å². The van der Waals surface area contributed by atoms with Crippen molar-refractivity contribution >= 4 is 6.08 Å². The highest BCUT2D eigenvalue weighted by molar-refractivity contribution is 5.49. The molecular formula is C19H31NO. The van der Waals surface area contributed by atoms with Crippen molar-refractivity contribution in [3.8, 4) is 5.75 Å². The molecule has 1 aromatic carbocycles. The van der Waals surface area contributed by atoms with Crippen LogP contribution in [0.3, 0.4) is 0 Å². The molecule has 0 saturated carbocycles. The molecule has 1 aromatic rings. The number of benzene rings is 1. The van der Waals surface area contributed by atoms with Gasteiger partial charge in [-0.1, -0.05) is 24.8 Å². The Bertz CT molecular complexity index is 404. The number of hydrogen-bond donors (Lipinski definition) is 0. The van der Waals surface area contributed by atoms with Gasteiger partial charge in [0, 0.05) is 12.1 Å². The van der Waals surface area contributed by atoms with Crippen molar-refractivity contribution in [1.29, 1.82) is 0 Å². The minimum atomic E-state index is 0.628. The molecule has 0 atom stereocenters. The molecule has 0 bridgehead atoms. The third-order valence-electron chi connectivity index (χ3n) is 3.75. The van der Waals surface area contributed by atoms with Gasteiger partial charge in [0.25, 0.3) is 0 Å². The highest BCUT2D eigenvalue weighted by Crippen LogP contribution is 2.15. The maximum atomic E-state index is 5.79. The van der Waals surface area contributed by atoms with Crippen molar-refractivity contribution in [2.45, 2.75) is 59.0 Å². The second kappa shape index (κ2) is 9.62. The lowest BCUT2D eigenvalue weighted by Gasteiger charge is -2.30. The van der Waals surface area contributed by atoms with Crippen molar-refractivity contribution in [1.82, 2.24) is 4.90 Å². The van der Waals surface area contributed by atoms with Gasteiger partial charge in [-0.05, 0) is 71.2 Å². The van der Waals surface area contributed by atoms with Gasteiger partial charge in [0.15, 0.2) is 0 Å². The van der Waals surface area contributed by atoms with Crippen molar-refractivity contribution < 1.29 is 4.74 Å². The van der Waals surface area contributed by atoms with Gasteiger partial charge < -0.3 is 4.74 Å². The van der Waals surface area contributed by atoms with E-state index in [-0.39, 0.29) is 0 Å². The first kappa shape index (κ1) is 17.8.